The van der Waals surface area contributed by atoms with Crippen molar-refractivity contribution < 1.29 is 8.78 Å². The van der Waals surface area contributed by atoms with Crippen molar-refractivity contribution in [2.45, 2.75) is 18.9 Å². The van der Waals surface area contributed by atoms with E-state index >= 15 is 0 Å². The van der Waals surface area contributed by atoms with Crippen LogP contribution in [0.3, 0.4) is 0 Å². The molecule has 4 heteroatoms. The Morgan fingerprint density at radius 3 is 2.40 bits per heavy atom. The monoisotopic (exact) mass is 275 g/mol. The average molecular weight is 276 g/mol. The number of rotatable bonds is 4. The van der Waals surface area contributed by atoms with Crippen molar-refractivity contribution in [1.82, 2.24) is 0 Å². The summed E-state index contributed by atoms with van der Waals surface area (Å²) in [5, 5.41) is 0. The molecule has 0 fully saturated rings. The van der Waals surface area contributed by atoms with Crippen LogP contribution in [0.15, 0.2) is 29.3 Å². The zero-order valence-corrected chi connectivity index (χ0v) is 9.73. The maximum atomic E-state index is 13.4. The number of hydrogen-bond acceptors (Lipinski definition) is 1. The minimum Gasteiger partial charge on any atom is -0.324 e. The van der Waals surface area contributed by atoms with Gasteiger partial charge in [-0.3, -0.25) is 0 Å². The summed E-state index contributed by atoms with van der Waals surface area (Å²) in [6.07, 6.45) is 2.80. The van der Waals surface area contributed by atoms with Crippen LogP contribution in [0.25, 0.3) is 0 Å². The molecule has 1 aromatic rings. The highest BCUT2D eigenvalue weighted by Gasteiger charge is 2.16. The minimum atomic E-state index is -0.629. The number of benzene rings is 1. The van der Waals surface area contributed by atoms with Crippen LogP contribution in [0.2, 0.25) is 0 Å². The molecule has 0 radical (unpaired) electrons. The van der Waals surface area contributed by atoms with Gasteiger partial charge in [-0.2, -0.15) is 0 Å². The van der Waals surface area contributed by atoms with Crippen LogP contribution in [0.1, 0.15) is 24.4 Å². The Hall–Kier alpha value is -0.740. The van der Waals surface area contributed by atoms with Crippen molar-refractivity contribution >= 4 is 15.9 Å². The Bertz CT molecular complexity index is 343. The van der Waals surface area contributed by atoms with E-state index in [9.17, 15) is 8.78 Å². The second kappa shape index (κ2) is 5.37. The maximum absolute atomic E-state index is 13.4. The number of halogens is 3. The lowest BCUT2D eigenvalue weighted by Gasteiger charge is -2.13. The predicted molar refractivity (Wildman–Crippen MR) is 60.4 cm³/mol. The zero-order chi connectivity index (χ0) is 11.4. The summed E-state index contributed by atoms with van der Waals surface area (Å²) in [4.78, 5) is 0. The molecule has 15 heavy (non-hydrogen) atoms. The Balaban J connectivity index is 2.97. The molecular weight excluding hydrogens is 264 g/mol. The molecule has 1 atom stereocenters. The molecule has 0 aliphatic heterocycles. The molecule has 1 nitrogen and oxygen atoms in total. The van der Waals surface area contributed by atoms with Crippen LogP contribution >= 0.6 is 15.9 Å². The van der Waals surface area contributed by atoms with Gasteiger partial charge in [-0.25, -0.2) is 8.78 Å². The van der Waals surface area contributed by atoms with Gasteiger partial charge in [0.25, 0.3) is 0 Å². The van der Waals surface area contributed by atoms with Gasteiger partial charge in [0.15, 0.2) is 0 Å². The summed E-state index contributed by atoms with van der Waals surface area (Å²) in [6, 6.07) is 1.80. The van der Waals surface area contributed by atoms with Gasteiger partial charge in [-0.05, 0) is 25.0 Å². The highest BCUT2D eigenvalue weighted by atomic mass is 79.9. The minimum absolute atomic E-state index is 0.0555. The Morgan fingerprint density at radius 1 is 1.40 bits per heavy atom. The Morgan fingerprint density at radius 2 is 1.93 bits per heavy atom. The molecule has 0 aliphatic rings. The number of allylic oxidation sites excluding steroid dienone is 1. The first-order valence-electron chi connectivity index (χ1n) is 4.57. The quantitative estimate of drug-likeness (QED) is 0.834. The van der Waals surface area contributed by atoms with E-state index in [1.165, 1.54) is 12.1 Å². The van der Waals surface area contributed by atoms with Gasteiger partial charge in [-0.1, -0.05) is 22.0 Å². The molecule has 0 spiro atoms. The summed E-state index contributed by atoms with van der Waals surface area (Å²) in [6.45, 7) is 3.53. The predicted octanol–water partition coefficient (Wildman–Crippen LogP) is 3.69. The molecule has 2 N–H and O–H groups in total. The van der Waals surface area contributed by atoms with E-state index in [0.29, 0.717) is 17.3 Å². The van der Waals surface area contributed by atoms with Gasteiger partial charge in [0.2, 0.25) is 0 Å². The van der Waals surface area contributed by atoms with Crippen LogP contribution in [-0.4, -0.2) is 0 Å². The third kappa shape index (κ3) is 3.11. The van der Waals surface area contributed by atoms with Gasteiger partial charge in [0.05, 0.1) is 0 Å². The van der Waals surface area contributed by atoms with E-state index < -0.39 is 17.7 Å². The van der Waals surface area contributed by atoms with Crippen LogP contribution in [0.5, 0.6) is 0 Å². The fraction of sp³-hybridized carbons (Fsp3) is 0.273. The molecule has 0 aliphatic carbocycles. The topological polar surface area (TPSA) is 26.0 Å². The third-order valence-electron chi connectivity index (χ3n) is 2.10. The lowest BCUT2D eigenvalue weighted by molar-refractivity contribution is 0.513. The molecule has 0 saturated heterocycles. The second-order valence-corrected chi connectivity index (χ2v) is 4.17. The molecule has 1 rings (SSSR count). The highest BCUT2D eigenvalue weighted by molar-refractivity contribution is 9.10. The SMILES string of the molecule is C=CCC[C@@H](N)c1c(F)cc(Br)cc1F. The van der Waals surface area contributed by atoms with Crippen LogP contribution < -0.4 is 5.73 Å². The van der Waals surface area contributed by atoms with Crippen molar-refractivity contribution in [2.75, 3.05) is 0 Å². The van der Waals surface area contributed by atoms with Crippen molar-refractivity contribution in [1.29, 1.82) is 0 Å². The van der Waals surface area contributed by atoms with Gasteiger partial charge in [0.1, 0.15) is 11.6 Å². The molecule has 0 aromatic heterocycles. The van der Waals surface area contributed by atoms with Gasteiger partial charge < -0.3 is 5.73 Å². The molecule has 0 saturated carbocycles. The lowest BCUT2D eigenvalue weighted by atomic mass is 10.0. The van der Waals surface area contributed by atoms with Crippen LogP contribution in [-0.2, 0) is 0 Å². The molecular formula is C11H12BrF2N. The lowest BCUT2D eigenvalue weighted by Crippen LogP contribution is -2.14. The van der Waals surface area contributed by atoms with E-state index in [2.05, 4.69) is 22.5 Å². The van der Waals surface area contributed by atoms with Crippen LogP contribution in [0, 0.1) is 11.6 Å². The van der Waals surface area contributed by atoms with Crippen LogP contribution in [0.4, 0.5) is 8.78 Å². The molecule has 82 valence electrons. The summed E-state index contributed by atoms with van der Waals surface area (Å²) in [7, 11) is 0. The first-order chi connectivity index (χ1) is 7.06. The zero-order valence-electron chi connectivity index (χ0n) is 8.14. The van der Waals surface area contributed by atoms with Gasteiger partial charge in [-0.15, -0.1) is 6.58 Å². The first kappa shape index (κ1) is 12.3. The number of nitrogens with two attached hydrogens (primary N) is 1. The normalized spacial score (nSPS) is 12.5. The summed E-state index contributed by atoms with van der Waals surface area (Å²) in [5.74, 6) is -1.23. The molecule has 0 heterocycles. The fourth-order valence-electron chi connectivity index (χ4n) is 1.35. The molecule has 1 aromatic carbocycles. The fourth-order valence-corrected chi connectivity index (χ4v) is 1.75. The largest absolute Gasteiger partial charge is 0.324 e. The van der Waals surface area contributed by atoms with E-state index in [-0.39, 0.29) is 5.56 Å². The molecule has 0 amide bonds. The van der Waals surface area contributed by atoms with Gasteiger partial charge >= 0.3 is 0 Å². The van der Waals surface area contributed by atoms with Gasteiger partial charge in [0, 0.05) is 16.1 Å². The highest BCUT2D eigenvalue weighted by Crippen LogP contribution is 2.25. The molecule has 0 unspecified atom stereocenters. The smallest absolute Gasteiger partial charge is 0.132 e. The first-order valence-corrected chi connectivity index (χ1v) is 5.36. The van der Waals surface area contributed by atoms with E-state index in [1.54, 1.807) is 6.08 Å². The summed E-state index contributed by atoms with van der Waals surface area (Å²) in [5.41, 5.74) is 5.63. The van der Waals surface area contributed by atoms with Crippen molar-refractivity contribution in [3.8, 4) is 0 Å². The summed E-state index contributed by atoms with van der Waals surface area (Å²) >= 11 is 3.01. The second-order valence-electron chi connectivity index (χ2n) is 3.26. The van der Waals surface area contributed by atoms with E-state index in [0.717, 1.165) is 0 Å². The standard InChI is InChI=1S/C11H12BrF2N/c1-2-3-4-10(15)11-8(13)5-7(12)6-9(11)14/h2,5-6,10H,1,3-4,15H2/t10-/m1/s1. The van der Waals surface area contributed by atoms with Crippen molar-refractivity contribution in [3.63, 3.8) is 0 Å². The van der Waals surface area contributed by atoms with E-state index in [4.69, 9.17) is 5.73 Å². The Labute approximate surface area is 96.1 Å². The Kier molecular flexibility index (Phi) is 4.42. The number of hydrogen-bond donors (Lipinski definition) is 1. The van der Waals surface area contributed by atoms with E-state index in [1.807, 2.05) is 0 Å². The van der Waals surface area contributed by atoms with Crippen molar-refractivity contribution in [3.05, 3.63) is 46.5 Å². The average Bonchev–Trinajstić information content (AvgIpc) is 2.12. The summed E-state index contributed by atoms with van der Waals surface area (Å²) < 4.78 is 27.2. The maximum Gasteiger partial charge on any atom is 0.132 e. The van der Waals surface area contributed by atoms with Crippen molar-refractivity contribution in [2.24, 2.45) is 5.73 Å². The molecule has 0 bridgehead atoms. The third-order valence-corrected chi connectivity index (χ3v) is 2.55.